The number of amides is 1. The van der Waals surface area contributed by atoms with Crippen molar-refractivity contribution < 1.29 is 27.4 Å². The molecule has 1 fully saturated rings. The Kier molecular flexibility index (Phi) is 7.68. The molecule has 3 rings (SSSR count). The molecular weight excluding hydrogens is 397 g/mol. The van der Waals surface area contributed by atoms with Gasteiger partial charge in [0.2, 0.25) is 0 Å². The van der Waals surface area contributed by atoms with E-state index in [4.69, 9.17) is 9.47 Å². The van der Waals surface area contributed by atoms with Gasteiger partial charge in [0.25, 0.3) is 5.91 Å². The summed E-state index contributed by atoms with van der Waals surface area (Å²) in [4.78, 5) is 12.0. The van der Waals surface area contributed by atoms with Crippen LogP contribution >= 0.6 is 12.4 Å². The second-order valence-electron chi connectivity index (χ2n) is 6.05. The molecule has 0 aromatic heterocycles. The van der Waals surface area contributed by atoms with E-state index >= 15 is 0 Å². The first-order chi connectivity index (χ1) is 12.9. The molecule has 5 nitrogen and oxygen atoms in total. The first kappa shape index (κ1) is 22.0. The monoisotopic (exact) mass is 416 g/mol. The van der Waals surface area contributed by atoms with E-state index in [2.05, 4.69) is 10.6 Å². The Hall–Kier alpha value is -2.29. The van der Waals surface area contributed by atoms with Gasteiger partial charge in [-0.2, -0.15) is 13.2 Å². The largest absolute Gasteiger partial charge is 0.457 e. The van der Waals surface area contributed by atoms with Crippen molar-refractivity contribution in [2.75, 3.05) is 19.7 Å². The zero-order chi connectivity index (χ0) is 19.3. The van der Waals surface area contributed by atoms with E-state index in [0.29, 0.717) is 31.2 Å². The molecule has 0 bridgehead atoms. The van der Waals surface area contributed by atoms with Gasteiger partial charge in [-0.05, 0) is 42.0 Å². The Balaban J connectivity index is 0.00000280. The molecule has 2 aromatic carbocycles. The molecule has 1 aliphatic heterocycles. The van der Waals surface area contributed by atoms with E-state index in [1.165, 1.54) is 12.1 Å². The van der Waals surface area contributed by atoms with E-state index in [0.717, 1.165) is 24.2 Å². The molecule has 1 saturated heterocycles. The molecule has 1 aliphatic rings. The highest BCUT2D eigenvalue weighted by Crippen LogP contribution is 2.31. The van der Waals surface area contributed by atoms with E-state index in [-0.39, 0.29) is 18.3 Å². The van der Waals surface area contributed by atoms with Crippen molar-refractivity contribution in [3.63, 3.8) is 0 Å². The van der Waals surface area contributed by atoms with Gasteiger partial charge in [-0.3, -0.25) is 4.79 Å². The van der Waals surface area contributed by atoms with Crippen LogP contribution < -0.4 is 15.4 Å². The van der Waals surface area contributed by atoms with Crippen molar-refractivity contribution in [1.82, 2.24) is 10.6 Å². The molecule has 0 saturated carbocycles. The maximum Gasteiger partial charge on any atom is 0.416 e. The Labute approximate surface area is 166 Å². The van der Waals surface area contributed by atoms with Gasteiger partial charge >= 0.3 is 6.18 Å². The van der Waals surface area contributed by atoms with Crippen molar-refractivity contribution in [2.24, 2.45) is 0 Å². The summed E-state index contributed by atoms with van der Waals surface area (Å²) in [5.41, 5.74) is 0.143. The van der Waals surface area contributed by atoms with Gasteiger partial charge in [-0.25, -0.2) is 0 Å². The average molecular weight is 417 g/mol. The maximum atomic E-state index is 12.6. The number of rotatable bonds is 5. The smallest absolute Gasteiger partial charge is 0.416 e. The summed E-state index contributed by atoms with van der Waals surface area (Å²) in [5.74, 6) is 0.628. The Bertz CT molecular complexity index is 761. The Morgan fingerprint density at radius 3 is 2.25 bits per heavy atom. The Morgan fingerprint density at radius 1 is 1.11 bits per heavy atom. The summed E-state index contributed by atoms with van der Waals surface area (Å²) < 4.78 is 48.6. The van der Waals surface area contributed by atoms with Crippen LogP contribution in [0.1, 0.15) is 11.1 Å². The van der Waals surface area contributed by atoms with Crippen molar-refractivity contribution in [3.8, 4) is 11.5 Å². The highest BCUT2D eigenvalue weighted by molar-refractivity contribution is 5.85. The van der Waals surface area contributed by atoms with E-state index in [1.807, 2.05) is 0 Å². The van der Waals surface area contributed by atoms with Crippen LogP contribution in [0.4, 0.5) is 13.2 Å². The van der Waals surface area contributed by atoms with Crippen LogP contribution in [-0.2, 0) is 22.3 Å². The third kappa shape index (κ3) is 6.12. The fourth-order valence-corrected chi connectivity index (χ4v) is 2.56. The normalized spacial score (nSPS) is 16.8. The van der Waals surface area contributed by atoms with Gasteiger partial charge in [0, 0.05) is 19.6 Å². The van der Waals surface area contributed by atoms with E-state index < -0.39 is 17.8 Å². The molecule has 1 heterocycles. The molecule has 0 spiro atoms. The summed E-state index contributed by atoms with van der Waals surface area (Å²) >= 11 is 0. The summed E-state index contributed by atoms with van der Waals surface area (Å²) in [7, 11) is 0. The SMILES string of the molecule is Cl.O=C(NCc1ccc(Oc2ccc(C(F)(F)F)cc2)cc1)C1CNCCO1. The third-order valence-corrected chi connectivity index (χ3v) is 4.03. The number of nitrogens with one attached hydrogen (secondary N) is 2. The number of alkyl halides is 3. The number of morpholine rings is 1. The van der Waals surface area contributed by atoms with Crippen molar-refractivity contribution in [2.45, 2.75) is 18.8 Å². The molecule has 1 amide bonds. The highest BCUT2D eigenvalue weighted by atomic mass is 35.5. The quantitative estimate of drug-likeness (QED) is 0.783. The molecule has 28 heavy (non-hydrogen) atoms. The fourth-order valence-electron chi connectivity index (χ4n) is 2.56. The number of carbonyl (C=O) groups is 1. The lowest BCUT2D eigenvalue weighted by Crippen LogP contribution is -2.47. The van der Waals surface area contributed by atoms with Gasteiger partial charge in [0.05, 0.1) is 12.2 Å². The first-order valence-corrected chi connectivity index (χ1v) is 8.46. The first-order valence-electron chi connectivity index (χ1n) is 8.46. The zero-order valence-electron chi connectivity index (χ0n) is 14.8. The highest BCUT2D eigenvalue weighted by Gasteiger charge is 2.30. The van der Waals surface area contributed by atoms with Crippen LogP contribution in [0.2, 0.25) is 0 Å². The van der Waals surface area contributed by atoms with Crippen molar-refractivity contribution in [1.29, 1.82) is 0 Å². The lowest BCUT2D eigenvalue weighted by molar-refractivity contribution is -0.137. The molecular formula is C19H20ClF3N2O3. The minimum Gasteiger partial charge on any atom is -0.457 e. The summed E-state index contributed by atoms with van der Waals surface area (Å²) in [6.45, 7) is 2.09. The summed E-state index contributed by atoms with van der Waals surface area (Å²) in [5, 5.41) is 5.90. The van der Waals surface area contributed by atoms with Crippen LogP contribution in [0.3, 0.4) is 0 Å². The minimum absolute atomic E-state index is 0. The minimum atomic E-state index is -4.37. The number of halogens is 4. The molecule has 2 aromatic rings. The van der Waals surface area contributed by atoms with Crippen LogP contribution in [0.5, 0.6) is 11.5 Å². The van der Waals surface area contributed by atoms with Gasteiger partial charge in [-0.15, -0.1) is 12.4 Å². The van der Waals surface area contributed by atoms with Crippen molar-refractivity contribution in [3.05, 3.63) is 59.7 Å². The second kappa shape index (κ2) is 9.77. The molecule has 152 valence electrons. The third-order valence-electron chi connectivity index (χ3n) is 4.03. The number of carbonyl (C=O) groups excluding carboxylic acids is 1. The molecule has 9 heteroatoms. The molecule has 0 radical (unpaired) electrons. The predicted octanol–water partition coefficient (Wildman–Crippen LogP) is 3.52. The van der Waals surface area contributed by atoms with E-state index in [1.54, 1.807) is 24.3 Å². The van der Waals surface area contributed by atoms with Crippen LogP contribution in [0, 0.1) is 0 Å². The standard InChI is InChI=1S/C19H19F3N2O3.ClH/c20-19(21,22)14-3-7-16(8-4-14)27-15-5-1-13(2-6-15)11-24-18(25)17-12-23-9-10-26-17;/h1-8,17,23H,9-12H2,(H,24,25);1H. The second-order valence-corrected chi connectivity index (χ2v) is 6.05. The molecule has 0 aliphatic carbocycles. The van der Waals surface area contributed by atoms with Gasteiger partial charge < -0.3 is 20.1 Å². The maximum absolute atomic E-state index is 12.6. The predicted molar refractivity (Wildman–Crippen MR) is 99.7 cm³/mol. The number of hydrogen-bond acceptors (Lipinski definition) is 4. The fraction of sp³-hybridized carbons (Fsp3) is 0.316. The van der Waals surface area contributed by atoms with Crippen molar-refractivity contribution >= 4 is 18.3 Å². The van der Waals surface area contributed by atoms with Gasteiger partial charge in [0.15, 0.2) is 0 Å². The molecule has 2 N–H and O–H groups in total. The molecule has 1 atom stereocenters. The van der Waals surface area contributed by atoms with Gasteiger partial charge in [-0.1, -0.05) is 12.1 Å². The van der Waals surface area contributed by atoms with Crippen LogP contribution in [-0.4, -0.2) is 31.7 Å². The van der Waals surface area contributed by atoms with Gasteiger partial charge in [0.1, 0.15) is 17.6 Å². The number of ether oxygens (including phenoxy) is 2. The summed E-state index contributed by atoms with van der Waals surface area (Å²) in [6, 6.07) is 11.4. The topological polar surface area (TPSA) is 59.6 Å². The van der Waals surface area contributed by atoms with Crippen LogP contribution in [0.25, 0.3) is 0 Å². The van der Waals surface area contributed by atoms with Crippen LogP contribution in [0.15, 0.2) is 48.5 Å². The number of hydrogen-bond donors (Lipinski definition) is 2. The zero-order valence-corrected chi connectivity index (χ0v) is 15.6. The Morgan fingerprint density at radius 2 is 1.71 bits per heavy atom. The summed E-state index contributed by atoms with van der Waals surface area (Å²) in [6.07, 6.45) is -4.86. The lowest BCUT2D eigenvalue weighted by Gasteiger charge is -2.22. The molecule has 1 unspecified atom stereocenters. The van der Waals surface area contributed by atoms with E-state index in [9.17, 15) is 18.0 Å². The number of benzene rings is 2. The lowest BCUT2D eigenvalue weighted by atomic mass is 10.2. The average Bonchev–Trinajstić information content (AvgIpc) is 2.67.